The summed E-state index contributed by atoms with van der Waals surface area (Å²) in [5.41, 5.74) is 0.593. The number of rotatable bonds is 5. The van der Waals surface area contributed by atoms with Crippen molar-refractivity contribution in [2.24, 2.45) is 0 Å². The molecule has 0 saturated heterocycles. The molecule has 0 aliphatic carbocycles. The number of hydrogen-bond acceptors (Lipinski definition) is 2. The second-order valence-electron chi connectivity index (χ2n) is 3.41. The van der Waals surface area contributed by atoms with Crippen LogP contribution in [0.3, 0.4) is 0 Å². The van der Waals surface area contributed by atoms with Crippen molar-refractivity contribution in [1.29, 1.82) is 0 Å². The zero-order valence-corrected chi connectivity index (χ0v) is 9.54. The third-order valence-electron chi connectivity index (χ3n) is 2.06. The lowest BCUT2D eigenvalue weighted by Crippen LogP contribution is -2.15. The summed E-state index contributed by atoms with van der Waals surface area (Å²) in [5.74, 6) is 0.338. The number of carbonyl (C=O) groups is 1. The molecule has 0 bridgehead atoms. The summed E-state index contributed by atoms with van der Waals surface area (Å²) in [5, 5.41) is 0. The number of halogens is 1. The molecule has 0 amide bonds. The Kier molecular flexibility index (Phi) is 5.19. The first-order valence-electron chi connectivity index (χ1n) is 5.06. The van der Waals surface area contributed by atoms with Gasteiger partial charge in [-0.3, -0.25) is 0 Å². The summed E-state index contributed by atoms with van der Waals surface area (Å²) in [6.07, 6.45) is 1.60. The summed E-state index contributed by atoms with van der Waals surface area (Å²) in [6, 6.07) is 9.00. The number of esters is 1. The Morgan fingerprint density at radius 1 is 1.40 bits per heavy atom. The highest BCUT2D eigenvalue weighted by molar-refractivity contribution is 6.17. The highest BCUT2D eigenvalue weighted by Crippen LogP contribution is 2.07. The largest absolute Gasteiger partial charge is 0.459 e. The summed E-state index contributed by atoms with van der Waals surface area (Å²) in [4.78, 5) is 11.6. The molecular weight excluding hydrogens is 212 g/mol. The monoisotopic (exact) mass is 226 g/mol. The van der Waals surface area contributed by atoms with Crippen molar-refractivity contribution in [2.75, 3.05) is 5.88 Å². The number of hydrogen-bond donors (Lipinski definition) is 0. The molecule has 0 heterocycles. The Labute approximate surface area is 95.2 Å². The molecule has 0 fully saturated rings. The molecule has 0 aliphatic heterocycles. The molecule has 1 atom stereocenters. The zero-order chi connectivity index (χ0) is 11.1. The lowest BCUT2D eigenvalue weighted by molar-refractivity contribution is 0.0324. The fourth-order valence-electron chi connectivity index (χ4n) is 1.25. The van der Waals surface area contributed by atoms with Crippen molar-refractivity contribution in [3.05, 3.63) is 35.9 Å². The first kappa shape index (κ1) is 12.1. The quantitative estimate of drug-likeness (QED) is 0.569. The van der Waals surface area contributed by atoms with Crippen LogP contribution in [0.5, 0.6) is 0 Å². The van der Waals surface area contributed by atoms with Crippen molar-refractivity contribution in [1.82, 2.24) is 0 Å². The molecule has 82 valence electrons. The highest BCUT2D eigenvalue weighted by atomic mass is 35.5. The van der Waals surface area contributed by atoms with E-state index in [0.29, 0.717) is 11.4 Å². The molecule has 0 spiro atoms. The topological polar surface area (TPSA) is 26.3 Å². The Balaban J connectivity index is 2.42. The second kappa shape index (κ2) is 6.46. The van der Waals surface area contributed by atoms with Crippen molar-refractivity contribution in [2.45, 2.75) is 25.9 Å². The van der Waals surface area contributed by atoms with Gasteiger partial charge < -0.3 is 4.74 Å². The molecule has 0 radical (unpaired) electrons. The van der Waals surface area contributed by atoms with Crippen LogP contribution in [0, 0.1) is 0 Å². The van der Waals surface area contributed by atoms with Gasteiger partial charge in [-0.2, -0.15) is 0 Å². The zero-order valence-electron chi connectivity index (χ0n) is 8.78. The van der Waals surface area contributed by atoms with Gasteiger partial charge in [0, 0.05) is 5.88 Å². The molecular formula is C12H15ClO2. The molecule has 0 aliphatic rings. The average Bonchev–Trinajstić information content (AvgIpc) is 2.27. The molecule has 2 nitrogen and oxygen atoms in total. The Morgan fingerprint density at radius 3 is 2.67 bits per heavy atom. The van der Waals surface area contributed by atoms with Gasteiger partial charge in [-0.15, -0.1) is 11.6 Å². The molecule has 1 aromatic carbocycles. The third kappa shape index (κ3) is 4.34. The van der Waals surface area contributed by atoms with Gasteiger partial charge in [0.1, 0.15) is 0 Å². The van der Waals surface area contributed by atoms with Gasteiger partial charge in [0.25, 0.3) is 0 Å². The standard InChI is InChI=1S/C12H15ClO2/c1-10(6-5-9-13)15-12(14)11-7-3-2-4-8-11/h2-4,7-8,10H,5-6,9H2,1H3/t10-/m1/s1. The SMILES string of the molecule is C[C@H](CCCCl)OC(=O)c1ccccc1. The first-order valence-corrected chi connectivity index (χ1v) is 5.59. The van der Waals surface area contributed by atoms with E-state index in [1.54, 1.807) is 12.1 Å². The highest BCUT2D eigenvalue weighted by Gasteiger charge is 2.10. The van der Waals surface area contributed by atoms with Crippen LogP contribution in [0.1, 0.15) is 30.1 Å². The molecule has 1 rings (SSSR count). The minimum absolute atomic E-state index is 0.0727. The van der Waals surface area contributed by atoms with Gasteiger partial charge in [-0.25, -0.2) is 4.79 Å². The van der Waals surface area contributed by atoms with E-state index >= 15 is 0 Å². The van der Waals surface area contributed by atoms with Crippen LogP contribution in [0.15, 0.2) is 30.3 Å². The van der Waals surface area contributed by atoms with E-state index in [0.717, 1.165) is 12.8 Å². The predicted molar refractivity (Wildman–Crippen MR) is 61.3 cm³/mol. The van der Waals surface area contributed by atoms with E-state index in [2.05, 4.69) is 0 Å². The third-order valence-corrected chi connectivity index (χ3v) is 2.33. The number of ether oxygens (including phenoxy) is 1. The van der Waals surface area contributed by atoms with Gasteiger partial charge in [0.05, 0.1) is 11.7 Å². The van der Waals surface area contributed by atoms with Crippen LogP contribution in [0.25, 0.3) is 0 Å². The number of alkyl halides is 1. The molecule has 1 aromatic rings. The predicted octanol–water partition coefficient (Wildman–Crippen LogP) is 3.25. The molecule has 15 heavy (non-hydrogen) atoms. The van der Waals surface area contributed by atoms with E-state index in [1.807, 2.05) is 25.1 Å². The van der Waals surface area contributed by atoms with Crippen LogP contribution in [0.2, 0.25) is 0 Å². The average molecular weight is 227 g/mol. The maximum atomic E-state index is 11.6. The van der Waals surface area contributed by atoms with Crippen molar-refractivity contribution in [3.63, 3.8) is 0 Å². The first-order chi connectivity index (χ1) is 7.24. The lowest BCUT2D eigenvalue weighted by atomic mass is 10.2. The van der Waals surface area contributed by atoms with E-state index < -0.39 is 0 Å². The Bertz CT molecular complexity index is 298. The summed E-state index contributed by atoms with van der Waals surface area (Å²) >= 11 is 5.56. The molecule has 3 heteroatoms. The molecule has 0 aromatic heterocycles. The molecule has 0 unspecified atom stereocenters. The fraction of sp³-hybridized carbons (Fsp3) is 0.417. The lowest BCUT2D eigenvalue weighted by Gasteiger charge is -2.12. The van der Waals surface area contributed by atoms with E-state index in [-0.39, 0.29) is 12.1 Å². The summed E-state index contributed by atoms with van der Waals surface area (Å²) < 4.78 is 5.24. The second-order valence-corrected chi connectivity index (χ2v) is 3.79. The van der Waals surface area contributed by atoms with Crippen LogP contribution in [-0.4, -0.2) is 18.0 Å². The van der Waals surface area contributed by atoms with Gasteiger partial charge in [0.2, 0.25) is 0 Å². The van der Waals surface area contributed by atoms with Gasteiger partial charge in [-0.1, -0.05) is 18.2 Å². The van der Waals surface area contributed by atoms with E-state index in [9.17, 15) is 4.79 Å². The van der Waals surface area contributed by atoms with Gasteiger partial charge in [0.15, 0.2) is 0 Å². The Morgan fingerprint density at radius 2 is 2.07 bits per heavy atom. The summed E-state index contributed by atoms with van der Waals surface area (Å²) in [6.45, 7) is 1.88. The normalized spacial score (nSPS) is 12.1. The van der Waals surface area contributed by atoms with E-state index in [4.69, 9.17) is 16.3 Å². The maximum absolute atomic E-state index is 11.6. The maximum Gasteiger partial charge on any atom is 0.338 e. The van der Waals surface area contributed by atoms with Crippen LogP contribution >= 0.6 is 11.6 Å². The number of benzene rings is 1. The smallest absolute Gasteiger partial charge is 0.338 e. The molecule has 0 saturated carbocycles. The molecule has 0 N–H and O–H groups in total. The van der Waals surface area contributed by atoms with Crippen molar-refractivity contribution in [3.8, 4) is 0 Å². The van der Waals surface area contributed by atoms with Crippen molar-refractivity contribution < 1.29 is 9.53 Å². The van der Waals surface area contributed by atoms with E-state index in [1.165, 1.54) is 0 Å². The van der Waals surface area contributed by atoms with Crippen molar-refractivity contribution >= 4 is 17.6 Å². The van der Waals surface area contributed by atoms with Crippen LogP contribution in [-0.2, 0) is 4.74 Å². The minimum Gasteiger partial charge on any atom is -0.459 e. The Hall–Kier alpha value is -1.02. The minimum atomic E-state index is -0.266. The van der Waals surface area contributed by atoms with Gasteiger partial charge in [-0.05, 0) is 31.9 Å². The van der Waals surface area contributed by atoms with Crippen LogP contribution < -0.4 is 0 Å². The van der Waals surface area contributed by atoms with Gasteiger partial charge >= 0.3 is 5.97 Å². The fourth-order valence-corrected chi connectivity index (χ4v) is 1.40. The summed E-state index contributed by atoms with van der Waals surface area (Å²) in [7, 11) is 0. The van der Waals surface area contributed by atoms with Crippen LogP contribution in [0.4, 0.5) is 0 Å². The number of carbonyl (C=O) groups excluding carboxylic acids is 1.